The summed E-state index contributed by atoms with van der Waals surface area (Å²) >= 11 is 12.4. The molecular formula is C26H30Cl2N2O6S. The smallest absolute Gasteiger partial charge is 0.410 e. The maximum absolute atomic E-state index is 12.9. The number of carboxylic acids is 1. The van der Waals surface area contributed by atoms with Crippen molar-refractivity contribution in [2.75, 3.05) is 18.0 Å². The summed E-state index contributed by atoms with van der Waals surface area (Å²) in [6.07, 6.45) is 3.99. The van der Waals surface area contributed by atoms with Crippen molar-refractivity contribution in [3.63, 3.8) is 0 Å². The molecule has 2 aromatic rings. The average molecular weight is 570 g/mol. The van der Waals surface area contributed by atoms with Crippen LogP contribution in [0.25, 0.3) is 6.08 Å². The number of benzene rings is 2. The molecule has 0 saturated heterocycles. The van der Waals surface area contributed by atoms with E-state index >= 15 is 0 Å². The van der Waals surface area contributed by atoms with Crippen molar-refractivity contribution in [2.24, 2.45) is 0 Å². The summed E-state index contributed by atoms with van der Waals surface area (Å²) in [7, 11) is -2.04. The Kier molecular flexibility index (Phi) is 8.51. The fourth-order valence-electron chi connectivity index (χ4n) is 4.40. The summed E-state index contributed by atoms with van der Waals surface area (Å²) in [5, 5.41) is 10.00. The fraction of sp³-hybridized carbons (Fsp3) is 0.385. The van der Waals surface area contributed by atoms with Gasteiger partial charge in [-0.05, 0) is 86.2 Å². The summed E-state index contributed by atoms with van der Waals surface area (Å²) in [6, 6.07) is 8.36. The molecular weight excluding hydrogens is 539 g/mol. The number of sulfonamides is 1. The number of halogens is 2. The van der Waals surface area contributed by atoms with Crippen molar-refractivity contribution in [1.82, 2.24) is 4.90 Å². The first-order chi connectivity index (χ1) is 17.1. The monoisotopic (exact) mass is 568 g/mol. The van der Waals surface area contributed by atoms with E-state index in [0.717, 1.165) is 23.5 Å². The molecule has 2 atom stereocenters. The highest BCUT2D eigenvalue weighted by Crippen LogP contribution is 2.46. The van der Waals surface area contributed by atoms with Gasteiger partial charge in [0.1, 0.15) is 5.60 Å². The van der Waals surface area contributed by atoms with Gasteiger partial charge in [-0.3, -0.25) is 4.72 Å². The zero-order chi connectivity index (χ0) is 27.7. The number of nitrogens with one attached hydrogen (secondary N) is 1. The Balaban J connectivity index is 2.22. The summed E-state index contributed by atoms with van der Waals surface area (Å²) in [5.74, 6) is -1.33. The number of ether oxygens (including phenoxy) is 1. The summed E-state index contributed by atoms with van der Waals surface area (Å²) in [5.41, 5.74) is 2.31. The van der Waals surface area contributed by atoms with E-state index in [9.17, 15) is 23.1 Å². The number of aliphatic carboxylic acids is 1. The fourth-order valence-corrected chi connectivity index (χ4v) is 5.29. The summed E-state index contributed by atoms with van der Waals surface area (Å²) < 4.78 is 32.3. The first kappa shape index (κ1) is 28.8. The van der Waals surface area contributed by atoms with Gasteiger partial charge in [0.15, 0.2) is 0 Å². The van der Waals surface area contributed by atoms with Crippen LogP contribution in [0.1, 0.15) is 67.8 Å². The molecule has 1 aliphatic carbocycles. The van der Waals surface area contributed by atoms with Crippen LogP contribution in [0.5, 0.6) is 0 Å². The molecule has 37 heavy (non-hydrogen) atoms. The second-order valence-corrected chi connectivity index (χ2v) is 12.6. The molecule has 8 nitrogen and oxygen atoms in total. The minimum Gasteiger partial charge on any atom is -0.478 e. The Morgan fingerprint density at radius 3 is 2.35 bits per heavy atom. The van der Waals surface area contributed by atoms with Gasteiger partial charge < -0.3 is 14.7 Å². The molecule has 0 spiro atoms. The number of carbonyl (C=O) groups is 2. The van der Waals surface area contributed by atoms with E-state index in [4.69, 9.17) is 27.9 Å². The Morgan fingerprint density at radius 2 is 1.78 bits per heavy atom. The van der Waals surface area contributed by atoms with Crippen molar-refractivity contribution in [3.8, 4) is 0 Å². The van der Waals surface area contributed by atoms with Gasteiger partial charge >= 0.3 is 12.1 Å². The number of hydrogen-bond donors (Lipinski definition) is 2. The standard InChI is InChI=1S/C26H30Cl2N2O6S/c1-26(2,3)36-25(33)30(4)23-10-8-17(15-6-9-20(27)21(28)13-15)18-12-16(7-11-24(31)32)22(14-19(18)23)29-37(5,34)35/h6-7,9,11-14,17,23,29H,8,10H2,1-5H3,(H,31,32)/t17-,23-/m0/s1. The molecule has 0 bridgehead atoms. The highest BCUT2D eigenvalue weighted by atomic mass is 35.5. The zero-order valence-electron chi connectivity index (χ0n) is 21.2. The van der Waals surface area contributed by atoms with Crippen molar-refractivity contribution in [2.45, 2.75) is 51.2 Å². The maximum atomic E-state index is 12.9. The van der Waals surface area contributed by atoms with Crippen LogP contribution >= 0.6 is 23.2 Å². The lowest BCUT2D eigenvalue weighted by molar-refractivity contribution is -0.131. The van der Waals surface area contributed by atoms with Gasteiger partial charge in [-0.2, -0.15) is 0 Å². The Morgan fingerprint density at radius 1 is 1.11 bits per heavy atom. The summed E-state index contributed by atoms with van der Waals surface area (Å²) in [6.45, 7) is 5.34. The van der Waals surface area contributed by atoms with Crippen molar-refractivity contribution < 1.29 is 27.9 Å². The van der Waals surface area contributed by atoms with Gasteiger partial charge in [0.25, 0.3) is 0 Å². The van der Waals surface area contributed by atoms with Crippen LogP contribution in [-0.4, -0.2) is 49.4 Å². The van der Waals surface area contributed by atoms with Crippen LogP contribution in [0.2, 0.25) is 10.0 Å². The molecule has 0 radical (unpaired) electrons. The van der Waals surface area contributed by atoms with Gasteiger partial charge in [-0.1, -0.05) is 29.3 Å². The number of rotatable bonds is 6. The van der Waals surface area contributed by atoms with Crippen LogP contribution in [-0.2, 0) is 19.6 Å². The lowest BCUT2D eigenvalue weighted by atomic mass is 9.75. The largest absolute Gasteiger partial charge is 0.478 e. The topological polar surface area (TPSA) is 113 Å². The van der Waals surface area contributed by atoms with Gasteiger partial charge in [-0.25, -0.2) is 18.0 Å². The number of carboxylic acid groups (broad SMARTS) is 1. The number of fused-ring (bicyclic) bond motifs is 1. The first-order valence-corrected chi connectivity index (χ1v) is 14.2. The molecule has 2 N–H and O–H groups in total. The highest BCUT2D eigenvalue weighted by molar-refractivity contribution is 7.92. The van der Waals surface area contributed by atoms with Crippen LogP contribution in [0.3, 0.4) is 0 Å². The maximum Gasteiger partial charge on any atom is 0.410 e. The molecule has 200 valence electrons. The molecule has 0 fully saturated rings. The molecule has 0 saturated carbocycles. The molecule has 3 rings (SSSR count). The molecule has 0 unspecified atom stereocenters. The van der Waals surface area contributed by atoms with Crippen molar-refractivity contribution in [1.29, 1.82) is 0 Å². The first-order valence-electron chi connectivity index (χ1n) is 11.5. The van der Waals surface area contributed by atoms with E-state index in [2.05, 4.69) is 4.72 Å². The third kappa shape index (κ3) is 7.40. The third-order valence-corrected chi connectivity index (χ3v) is 7.24. The van der Waals surface area contributed by atoms with Gasteiger partial charge in [0.05, 0.1) is 28.0 Å². The second-order valence-electron chi connectivity index (χ2n) is 10.0. The average Bonchev–Trinajstić information content (AvgIpc) is 2.76. The quantitative estimate of drug-likeness (QED) is 0.395. The summed E-state index contributed by atoms with van der Waals surface area (Å²) in [4.78, 5) is 25.7. The minimum atomic E-state index is -3.69. The van der Waals surface area contributed by atoms with Crippen LogP contribution < -0.4 is 4.72 Å². The van der Waals surface area contributed by atoms with Gasteiger partial charge in [-0.15, -0.1) is 0 Å². The number of nitrogens with zero attached hydrogens (tertiary/aromatic N) is 1. The third-order valence-electron chi connectivity index (χ3n) is 5.91. The van der Waals surface area contributed by atoms with Gasteiger partial charge in [0.2, 0.25) is 10.0 Å². The molecule has 2 aromatic carbocycles. The van der Waals surface area contributed by atoms with E-state index in [-0.39, 0.29) is 11.6 Å². The number of hydrogen-bond acceptors (Lipinski definition) is 5. The van der Waals surface area contributed by atoms with E-state index < -0.39 is 33.7 Å². The Labute approximate surface area is 227 Å². The van der Waals surface area contributed by atoms with E-state index in [1.807, 2.05) is 6.07 Å². The normalized spacial score (nSPS) is 17.8. The Hall–Kier alpha value is -2.75. The number of amides is 1. The number of carbonyl (C=O) groups excluding carboxylic acids is 1. The molecule has 0 aromatic heterocycles. The van der Waals surface area contributed by atoms with E-state index in [0.29, 0.717) is 34.0 Å². The SMILES string of the molecule is CN(C(=O)OC(C)(C)C)[C@H]1CC[C@@H](c2ccc(Cl)c(Cl)c2)c2cc(C=CC(=O)O)c(NS(C)(=O)=O)cc21. The minimum absolute atomic E-state index is 0.155. The van der Waals surface area contributed by atoms with Gasteiger partial charge in [0, 0.05) is 19.0 Å². The molecule has 0 heterocycles. The zero-order valence-corrected chi connectivity index (χ0v) is 23.5. The molecule has 1 amide bonds. The van der Waals surface area contributed by atoms with Crippen molar-refractivity contribution in [3.05, 3.63) is 68.7 Å². The van der Waals surface area contributed by atoms with E-state index in [1.165, 1.54) is 11.0 Å². The lowest BCUT2D eigenvalue weighted by Gasteiger charge is -2.38. The molecule has 1 aliphatic rings. The molecule has 11 heteroatoms. The van der Waals surface area contributed by atoms with Crippen LogP contribution in [0.15, 0.2) is 36.4 Å². The Bertz CT molecular complexity index is 1350. The second kappa shape index (κ2) is 10.9. The molecule has 0 aliphatic heterocycles. The predicted molar refractivity (Wildman–Crippen MR) is 146 cm³/mol. The predicted octanol–water partition coefficient (Wildman–Crippen LogP) is 6.30. The van der Waals surface area contributed by atoms with Crippen LogP contribution in [0.4, 0.5) is 10.5 Å². The van der Waals surface area contributed by atoms with Crippen LogP contribution in [0, 0.1) is 0 Å². The van der Waals surface area contributed by atoms with Crippen molar-refractivity contribution >= 4 is 57.1 Å². The lowest BCUT2D eigenvalue weighted by Crippen LogP contribution is -2.38. The number of anilines is 1. The van der Waals surface area contributed by atoms with E-state index in [1.54, 1.807) is 52.1 Å². The highest BCUT2D eigenvalue weighted by Gasteiger charge is 2.35.